The van der Waals surface area contributed by atoms with Crippen molar-refractivity contribution in [1.82, 2.24) is 0 Å². The van der Waals surface area contributed by atoms with Crippen LogP contribution in [0.1, 0.15) is 12.8 Å². The normalized spacial score (nSPS) is 21.5. The highest BCUT2D eigenvalue weighted by atomic mass is 16.5. The van der Waals surface area contributed by atoms with Gasteiger partial charge in [0.05, 0.1) is 0 Å². The number of rotatable bonds is 3. The highest BCUT2D eigenvalue weighted by molar-refractivity contribution is 5.73. The van der Waals surface area contributed by atoms with Gasteiger partial charge in [0.1, 0.15) is 6.04 Å². The molecule has 0 aromatic heterocycles. The van der Waals surface area contributed by atoms with Crippen molar-refractivity contribution in [3.05, 3.63) is 23.8 Å². The maximum Gasteiger partial charge on any atom is 0.320 e. The van der Waals surface area contributed by atoms with E-state index in [1.54, 1.807) is 6.08 Å². The third-order valence-corrected chi connectivity index (χ3v) is 2.00. The van der Waals surface area contributed by atoms with E-state index in [2.05, 4.69) is 0 Å². The van der Waals surface area contributed by atoms with Gasteiger partial charge in [0.15, 0.2) is 5.79 Å². The summed E-state index contributed by atoms with van der Waals surface area (Å²) in [6.45, 7) is 0. The second-order valence-corrected chi connectivity index (χ2v) is 3.34. The first-order valence-corrected chi connectivity index (χ1v) is 4.22. The van der Waals surface area contributed by atoms with E-state index < -0.39 is 17.8 Å². The predicted octanol–water partition coefficient (Wildman–Crippen LogP) is -0.644. The molecule has 5 heteroatoms. The molecule has 1 atom stereocenters. The van der Waals surface area contributed by atoms with Crippen LogP contribution in [-0.2, 0) is 4.79 Å². The standard InChI is InChI=1S/C9H13NO4/c10-7(8(11)12)5-6-1-3-9(13,14)4-2-6/h1-3,7,13-14H,4-5,10H2,(H,11,12)/t7-/m0/s1. The summed E-state index contributed by atoms with van der Waals surface area (Å²) in [6.07, 6.45) is 4.53. The Bertz CT molecular complexity index is 293. The fourth-order valence-electron chi connectivity index (χ4n) is 1.15. The molecule has 1 aliphatic carbocycles. The molecule has 1 aliphatic rings. The van der Waals surface area contributed by atoms with Gasteiger partial charge in [-0.2, -0.15) is 0 Å². The zero-order valence-corrected chi connectivity index (χ0v) is 7.55. The van der Waals surface area contributed by atoms with E-state index in [0.29, 0.717) is 5.57 Å². The molecular formula is C9H13NO4. The lowest BCUT2D eigenvalue weighted by atomic mass is 9.97. The van der Waals surface area contributed by atoms with Gasteiger partial charge in [-0.05, 0) is 18.1 Å². The highest BCUT2D eigenvalue weighted by Crippen LogP contribution is 2.20. The Labute approximate surface area is 81.2 Å². The van der Waals surface area contributed by atoms with Gasteiger partial charge in [0.25, 0.3) is 0 Å². The molecule has 0 amide bonds. The van der Waals surface area contributed by atoms with Crippen molar-refractivity contribution in [3.63, 3.8) is 0 Å². The molecule has 14 heavy (non-hydrogen) atoms. The SMILES string of the molecule is N[C@@H](CC1=CCC(O)(O)C=C1)C(=O)O. The van der Waals surface area contributed by atoms with Crippen LogP contribution in [0.15, 0.2) is 23.8 Å². The second kappa shape index (κ2) is 3.91. The lowest BCUT2D eigenvalue weighted by Crippen LogP contribution is -2.31. The van der Waals surface area contributed by atoms with E-state index >= 15 is 0 Å². The van der Waals surface area contributed by atoms with E-state index in [0.717, 1.165) is 0 Å². The molecular weight excluding hydrogens is 186 g/mol. The van der Waals surface area contributed by atoms with E-state index in [1.807, 2.05) is 0 Å². The van der Waals surface area contributed by atoms with Crippen LogP contribution in [0.4, 0.5) is 0 Å². The Hall–Kier alpha value is -1.17. The molecule has 5 N–H and O–H groups in total. The largest absolute Gasteiger partial charge is 0.480 e. The number of nitrogens with two attached hydrogens (primary N) is 1. The summed E-state index contributed by atoms with van der Waals surface area (Å²) in [5, 5.41) is 26.8. The third kappa shape index (κ3) is 2.95. The van der Waals surface area contributed by atoms with Gasteiger partial charge in [-0.25, -0.2) is 0 Å². The summed E-state index contributed by atoms with van der Waals surface area (Å²) in [4.78, 5) is 10.4. The Morgan fingerprint density at radius 1 is 1.64 bits per heavy atom. The van der Waals surface area contributed by atoms with Crippen molar-refractivity contribution in [2.45, 2.75) is 24.7 Å². The number of carbonyl (C=O) groups is 1. The zero-order chi connectivity index (χ0) is 10.8. The first kappa shape index (κ1) is 10.9. The van der Waals surface area contributed by atoms with Crippen LogP contribution < -0.4 is 5.73 Å². The third-order valence-electron chi connectivity index (χ3n) is 2.00. The molecule has 0 bridgehead atoms. The van der Waals surface area contributed by atoms with E-state index in [4.69, 9.17) is 21.1 Å². The van der Waals surface area contributed by atoms with Crippen molar-refractivity contribution < 1.29 is 20.1 Å². The molecule has 0 aromatic carbocycles. The maximum absolute atomic E-state index is 10.4. The molecule has 0 saturated heterocycles. The van der Waals surface area contributed by atoms with E-state index in [9.17, 15) is 4.79 Å². The minimum atomic E-state index is -1.81. The molecule has 0 heterocycles. The fourth-order valence-corrected chi connectivity index (χ4v) is 1.15. The smallest absolute Gasteiger partial charge is 0.320 e. The minimum absolute atomic E-state index is 0.0607. The van der Waals surface area contributed by atoms with Crippen LogP contribution in [0.5, 0.6) is 0 Å². The monoisotopic (exact) mass is 199 g/mol. The molecule has 0 aromatic rings. The first-order valence-electron chi connectivity index (χ1n) is 4.22. The molecule has 0 radical (unpaired) electrons. The van der Waals surface area contributed by atoms with E-state index in [1.165, 1.54) is 12.2 Å². The molecule has 1 rings (SSSR count). The minimum Gasteiger partial charge on any atom is -0.480 e. The van der Waals surface area contributed by atoms with Crippen molar-refractivity contribution in [3.8, 4) is 0 Å². The van der Waals surface area contributed by atoms with Gasteiger partial charge in [-0.1, -0.05) is 12.2 Å². The predicted molar refractivity (Wildman–Crippen MR) is 49.2 cm³/mol. The summed E-state index contributed by atoms with van der Waals surface area (Å²) in [6, 6.07) is -0.948. The Balaban J connectivity index is 2.54. The Kier molecular flexibility index (Phi) is 3.05. The van der Waals surface area contributed by atoms with Gasteiger partial charge in [-0.3, -0.25) is 4.79 Å². The van der Waals surface area contributed by atoms with E-state index in [-0.39, 0.29) is 12.8 Å². The molecule has 0 spiro atoms. The van der Waals surface area contributed by atoms with Crippen LogP contribution in [0, 0.1) is 0 Å². The van der Waals surface area contributed by atoms with Crippen LogP contribution in [0.2, 0.25) is 0 Å². The Morgan fingerprint density at radius 2 is 2.29 bits per heavy atom. The summed E-state index contributed by atoms with van der Waals surface area (Å²) < 4.78 is 0. The van der Waals surface area contributed by atoms with Crippen molar-refractivity contribution in [1.29, 1.82) is 0 Å². The number of carboxylic acid groups (broad SMARTS) is 1. The van der Waals surface area contributed by atoms with Crippen LogP contribution in [0.3, 0.4) is 0 Å². The molecule has 0 unspecified atom stereocenters. The summed E-state index contributed by atoms with van der Waals surface area (Å²) in [5.74, 6) is -2.87. The first-order chi connectivity index (χ1) is 6.41. The van der Waals surface area contributed by atoms with Crippen LogP contribution >= 0.6 is 0 Å². The average molecular weight is 199 g/mol. The molecule has 0 fully saturated rings. The highest BCUT2D eigenvalue weighted by Gasteiger charge is 2.22. The van der Waals surface area contributed by atoms with Crippen molar-refractivity contribution in [2.24, 2.45) is 5.73 Å². The molecule has 0 aliphatic heterocycles. The number of allylic oxidation sites excluding steroid dienone is 1. The molecule has 78 valence electrons. The van der Waals surface area contributed by atoms with Gasteiger partial charge < -0.3 is 21.1 Å². The lowest BCUT2D eigenvalue weighted by molar-refractivity contribution is -0.138. The number of carboxylic acids is 1. The van der Waals surface area contributed by atoms with Gasteiger partial charge >= 0.3 is 5.97 Å². The molecule has 5 nitrogen and oxygen atoms in total. The number of hydrogen-bond acceptors (Lipinski definition) is 4. The molecule has 0 saturated carbocycles. The zero-order valence-electron chi connectivity index (χ0n) is 7.55. The number of hydrogen-bond donors (Lipinski definition) is 4. The average Bonchev–Trinajstić information content (AvgIpc) is 2.08. The van der Waals surface area contributed by atoms with Crippen molar-refractivity contribution >= 4 is 5.97 Å². The number of aliphatic hydroxyl groups is 2. The van der Waals surface area contributed by atoms with Gasteiger partial charge in [0.2, 0.25) is 0 Å². The van der Waals surface area contributed by atoms with Gasteiger partial charge in [0, 0.05) is 6.42 Å². The quantitative estimate of drug-likeness (QED) is 0.452. The number of aliphatic carboxylic acids is 1. The topological polar surface area (TPSA) is 104 Å². The van der Waals surface area contributed by atoms with Crippen LogP contribution in [0.25, 0.3) is 0 Å². The maximum atomic E-state index is 10.4. The summed E-state index contributed by atoms with van der Waals surface area (Å²) >= 11 is 0. The van der Waals surface area contributed by atoms with Crippen LogP contribution in [-0.4, -0.2) is 33.1 Å². The Morgan fingerprint density at radius 3 is 2.71 bits per heavy atom. The van der Waals surface area contributed by atoms with Crippen molar-refractivity contribution in [2.75, 3.05) is 0 Å². The second-order valence-electron chi connectivity index (χ2n) is 3.34. The fraction of sp³-hybridized carbons (Fsp3) is 0.444. The lowest BCUT2D eigenvalue weighted by Gasteiger charge is -2.20. The van der Waals surface area contributed by atoms with Gasteiger partial charge in [-0.15, -0.1) is 0 Å². The summed E-state index contributed by atoms with van der Waals surface area (Å²) in [5.41, 5.74) is 6.02. The summed E-state index contributed by atoms with van der Waals surface area (Å²) in [7, 11) is 0.